The van der Waals surface area contributed by atoms with Crippen LogP contribution >= 0.6 is 0 Å². The SMILES string of the molecule is O=C(Cc1ccccc1)N[C@@H]1CC[C@H](CC(=O)N2CCOCC2)O[C@H]1CO. The van der Waals surface area contributed by atoms with Crippen molar-refractivity contribution in [3.05, 3.63) is 35.9 Å². The second-order valence-electron chi connectivity index (χ2n) is 7.09. The summed E-state index contributed by atoms with van der Waals surface area (Å²) in [6.45, 7) is 2.21. The lowest BCUT2D eigenvalue weighted by atomic mass is 9.96. The number of morpholine rings is 1. The van der Waals surface area contributed by atoms with E-state index in [1.807, 2.05) is 30.3 Å². The highest BCUT2D eigenvalue weighted by molar-refractivity contribution is 5.79. The minimum absolute atomic E-state index is 0.0616. The van der Waals surface area contributed by atoms with E-state index in [1.165, 1.54) is 0 Å². The summed E-state index contributed by atoms with van der Waals surface area (Å²) in [6, 6.07) is 9.30. The van der Waals surface area contributed by atoms with Gasteiger partial charge in [-0.1, -0.05) is 30.3 Å². The first kappa shape index (κ1) is 19.8. The third-order valence-electron chi connectivity index (χ3n) is 5.12. The van der Waals surface area contributed by atoms with Gasteiger partial charge in [-0.15, -0.1) is 0 Å². The highest BCUT2D eigenvalue weighted by Crippen LogP contribution is 2.23. The van der Waals surface area contributed by atoms with Gasteiger partial charge in [0, 0.05) is 13.1 Å². The number of benzene rings is 1. The molecular weight excluding hydrogens is 348 g/mol. The third-order valence-corrected chi connectivity index (χ3v) is 5.12. The van der Waals surface area contributed by atoms with Crippen LogP contribution in [0.3, 0.4) is 0 Å². The van der Waals surface area contributed by atoms with Crippen LogP contribution in [-0.2, 0) is 25.5 Å². The fraction of sp³-hybridized carbons (Fsp3) is 0.600. The number of nitrogens with one attached hydrogen (secondary N) is 1. The van der Waals surface area contributed by atoms with Crippen LogP contribution in [0.1, 0.15) is 24.8 Å². The fourth-order valence-electron chi connectivity index (χ4n) is 3.62. The molecule has 27 heavy (non-hydrogen) atoms. The lowest BCUT2D eigenvalue weighted by molar-refractivity contribution is -0.145. The molecule has 2 amide bonds. The van der Waals surface area contributed by atoms with Crippen molar-refractivity contribution in [1.29, 1.82) is 0 Å². The van der Waals surface area contributed by atoms with E-state index in [0.29, 0.717) is 52.0 Å². The zero-order chi connectivity index (χ0) is 19.1. The van der Waals surface area contributed by atoms with Crippen LogP contribution in [0.15, 0.2) is 30.3 Å². The standard InChI is InChI=1S/C20H28N2O5/c23-14-18-17(21-19(24)12-15-4-2-1-3-5-15)7-6-16(27-18)13-20(25)22-8-10-26-11-9-22/h1-5,16-18,23H,6-14H2,(H,21,24)/t16-,17-,18+/m1/s1. The minimum atomic E-state index is -0.485. The Morgan fingerprint density at radius 2 is 1.89 bits per heavy atom. The molecule has 2 aliphatic rings. The summed E-state index contributed by atoms with van der Waals surface area (Å²) in [7, 11) is 0. The molecule has 1 aromatic rings. The lowest BCUT2D eigenvalue weighted by Crippen LogP contribution is -2.52. The molecule has 2 saturated heterocycles. The Kier molecular flexibility index (Phi) is 7.20. The maximum absolute atomic E-state index is 12.4. The monoisotopic (exact) mass is 376 g/mol. The molecule has 1 aromatic carbocycles. The predicted molar refractivity (Wildman–Crippen MR) is 99.1 cm³/mol. The summed E-state index contributed by atoms with van der Waals surface area (Å²) < 4.78 is 11.2. The number of rotatable bonds is 6. The predicted octanol–water partition coefficient (Wildman–Crippen LogP) is 0.503. The molecule has 7 nitrogen and oxygen atoms in total. The van der Waals surface area contributed by atoms with Gasteiger partial charge in [-0.2, -0.15) is 0 Å². The summed E-state index contributed by atoms with van der Waals surface area (Å²) >= 11 is 0. The zero-order valence-electron chi connectivity index (χ0n) is 15.5. The van der Waals surface area contributed by atoms with E-state index >= 15 is 0 Å². The van der Waals surface area contributed by atoms with Crippen molar-refractivity contribution in [3.8, 4) is 0 Å². The van der Waals surface area contributed by atoms with Crippen molar-refractivity contribution >= 4 is 11.8 Å². The number of aliphatic hydroxyl groups excluding tert-OH is 1. The van der Waals surface area contributed by atoms with Crippen LogP contribution in [0, 0.1) is 0 Å². The summed E-state index contributed by atoms with van der Waals surface area (Å²) in [4.78, 5) is 26.5. The molecule has 0 bridgehead atoms. The van der Waals surface area contributed by atoms with E-state index in [-0.39, 0.29) is 30.6 Å². The fourth-order valence-corrected chi connectivity index (χ4v) is 3.62. The van der Waals surface area contributed by atoms with Crippen molar-refractivity contribution in [1.82, 2.24) is 10.2 Å². The molecule has 0 aliphatic carbocycles. The van der Waals surface area contributed by atoms with Crippen molar-refractivity contribution in [3.63, 3.8) is 0 Å². The Bertz CT molecular complexity index is 618. The van der Waals surface area contributed by atoms with Gasteiger partial charge in [-0.3, -0.25) is 9.59 Å². The van der Waals surface area contributed by atoms with Crippen LogP contribution in [0.25, 0.3) is 0 Å². The molecule has 0 saturated carbocycles. The van der Waals surface area contributed by atoms with Crippen molar-refractivity contribution in [2.75, 3.05) is 32.9 Å². The van der Waals surface area contributed by atoms with Crippen molar-refractivity contribution in [2.45, 2.75) is 43.9 Å². The first-order chi connectivity index (χ1) is 13.2. The van der Waals surface area contributed by atoms with E-state index < -0.39 is 6.10 Å². The number of hydrogen-bond acceptors (Lipinski definition) is 5. The highest BCUT2D eigenvalue weighted by atomic mass is 16.5. The van der Waals surface area contributed by atoms with Crippen LogP contribution in [0.4, 0.5) is 0 Å². The molecule has 2 N–H and O–H groups in total. The Morgan fingerprint density at radius 1 is 1.15 bits per heavy atom. The maximum atomic E-state index is 12.4. The molecule has 0 unspecified atom stereocenters. The van der Waals surface area contributed by atoms with Gasteiger partial charge in [-0.25, -0.2) is 0 Å². The van der Waals surface area contributed by atoms with E-state index in [2.05, 4.69) is 5.32 Å². The average molecular weight is 376 g/mol. The molecule has 2 fully saturated rings. The molecule has 3 atom stereocenters. The number of amides is 2. The second-order valence-corrected chi connectivity index (χ2v) is 7.09. The second kappa shape index (κ2) is 9.82. The molecule has 0 radical (unpaired) electrons. The van der Waals surface area contributed by atoms with E-state index in [9.17, 15) is 14.7 Å². The summed E-state index contributed by atoms with van der Waals surface area (Å²) in [5.74, 6) is -0.0253. The molecular formula is C20H28N2O5. The number of nitrogens with zero attached hydrogens (tertiary/aromatic N) is 1. The molecule has 0 spiro atoms. The van der Waals surface area contributed by atoms with Crippen LogP contribution in [-0.4, -0.2) is 73.0 Å². The normalized spacial score (nSPS) is 25.8. The van der Waals surface area contributed by atoms with E-state index in [4.69, 9.17) is 9.47 Å². The van der Waals surface area contributed by atoms with Crippen LogP contribution in [0.5, 0.6) is 0 Å². The first-order valence-corrected chi connectivity index (χ1v) is 9.61. The van der Waals surface area contributed by atoms with Crippen LogP contribution < -0.4 is 5.32 Å². The molecule has 2 aliphatic heterocycles. The molecule has 7 heteroatoms. The van der Waals surface area contributed by atoms with Gasteiger partial charge in [0.25, 0.3) is 0 Å². The summed E-state index contributed by atoms with van der Waals surface area (Å²) in [5, 5.41) is 12.6. The maximum Gasteiger partial charge on any atom is 0.225 e. The third kappa shape index (κ3) is 5.76. The number of hydrogen-bond donors (Lipinski definition) is 2. The zero-order valence-corrected chi connectivity index (χ0v) is 15.5. The van der Waals surface area contributed by atoms with Gasteiger partial charge in [0.15, 0.2) is 0 Å². The summed E-state index contributed by atoms with van der Waals surface area (Å²) in [6.07, 6.45) is 1.27. The molecule has 148 valence electrons. The summed E-state index contributed by atoms with van der Waals surface area (Å²) in [5.41, 5.74) is 0.946. The van der Waals surface area contributed by atoms with E-state index in [0.717, 1.165) is 5.56 Å². The van der Waals surface area contributed by atoms with Gasteiger partial charge in [-0.05, 0) is 18.4 Å². The number of carbonyl (C=O) groups is 2. The van der Waals surface area contributed by atoms with Gasteiger partial charge < -0.3 is 24.8 Å². The first-order valence-electron chi connectivity index (χ1n) is 9.61. The average Bonchev–Trinajstić information content (AvgIpc) is 2.70. The number of carbonyl (C=O) groups excluding carboxylic acids is 2. The highest BCUT2D eigenvalue weighted by Gasteiger charge is 2.33. The van der Waals surface area contributed by atoms with Gasteiger partial charge in [0.05, 0.1) is 44.8 Å². The van der Waals surface area contributed by atoms with Gasteiger partial charge >= 0.3 is 0 Å². The van der Waals surface area contributed by atoms with E-state index in [1.54, 1.807) is 4.90 Å². The Labute approximate surface area is 159 Å². The number of ether oxygens (including phenoxy) is 2. The minimum Gasteiger partial charge on any atom is -0.394 e. The molecule has 2 heterocycles. The smallest absolute Gasteiger partial charge is 0.225 e. The molecule has 3 rings (SSSR count). The Morgan fingerprint density at radius 3 is 2.59 bits per heavy atom. The van der Waals surface area contributed by atoms with Crippen molar-refractivity contribution < 1.29 is 24.2 Å². The van der Waals surface area contributed by atoms with Gasteiger partial charge in [0.2, 0.25) is 11.8 Å². The van der Waals surface area contributed by atoms with Crippen LogP contribution in [0.2, 0.25) is 0 Å². The lowest BCUT2D eigenvalue weighted by Gasteiger charge is -2.37. The Hall–Kier alpha value is -1.96. The molecule has 0 aromatic heterocycles. The topological polar surface area (TPSA) is 88.1 Å². The quantitative estimate of drug-likeness (QED) is 0.755. The Balaban J connectivity index is 1.47. The van der Waals surface area contributed by atoms with Gasteiger partial charge in [0.1, 0.15) is 6.10 Å². The number of aliphatic hydroxyl groups is 1. The van der Waals surface area contributed by atoms with Crippen molar-refractivity contribution in [2.24, 2.45) is 0 Å². The largest absolute Gasteiger partial charge is 0.394 e.